The fraction of sp³-hybridized carbons (Fsp3) is 0.836. The van der Waals surface area contributed by atoms with E-state index in [4.69, 9.17) is 23.7 Å². The molecule has 424 valence electrons. The molecule has 0 amide bonds. The van der Waals surface area contributed by atoms with Crippen LogP contribution in [-0.4, -0.2) is 89.2 Å². The predicted octanol–water partition coefficient (Wildman–Crippen LogP) is 15.2. The lowest BCUT2D eigenvalue weighted by molar-refractivity contribution is -0.301. The minimum atomic E-state index is -1.90. The Labute approximate surface area is 444 Å². The third-order valence-electron chi connectivity index (χ3n) is 13.7. The lowest BCUT2D eigenvalue weighted by atomic mass is 9.98. The summed E-state index contributed by atoms with van der Waals surface area (Å²) in [5.74, 6) is -3.12. The first-order valence-electron chi connectivity index (χ1n) is 30.0. The predicted molar refractivity (Wildman–Crippen MR) is 294 cm³/mol. The number of ether oxygens (including phenoxy) is 5. The molecule has 0 aromatic rings. The van der Waals surface area contributed by atoms with Crippen molar-refractivity contribution in [1.82, 2.24) is 0 Å². The van der Waals surface area contributed by atoms with Crippen LogP contribution in [0.4, 0.5) is 0 Å². The summed E-state index contributed by atoms with van der Waals surface area (Å²) in [6.07, 6.45) is 45.5. The molecule has 6 unspecified atom stereocenters. The standard InChI is InChI=1S/C61H108O12/c1-4-7-10-13-16-19-22-24-25-26-27-28-29-31-33-35-38-41-44-47-53(62)69-50-52(71-54(63)48-45-42-39-36-32-21-18-15-12-9-6-3)51-70-61-59(57(66)56(65)58(73-61)60(67)68)72-55(64)49-46-43-40-37-34-30-23-20-17-14-11-8-5-2/h11,14,20,23-25,52,56-59,61,65-66H,4-10,12-13,15-19,21-22,26-51H2,1-3H3,(H,67,68)/b14-11-,23-20-,25-24-. The topological polar surface area (TPSA) is 175 Å². The highest BCUT2D eigenvalue weighted by atomic mass is 16.7. The summed E-state index contributed by atoms with van der Waals surface area (Å²) in [4.78, 5) is 51.0. The molecule has 0 bridgehead atoms. The number of carbonyl (C=O) groups excluding carboxylic acids is 3. The van der Waals surface area contributed by atoms with Crippen LogP contribution in [0.3, 0.4) is 0 Å². The molecule has 73 heavy (non-hydrogen) atoms. The third kappa shape index (κ3) is 39.9. The number of allylic oxidation sites excluding steroid dienone is 6. The Bertz CT molecular complexity index is 1410. The van der Waals surface area contributed by atoms with Crippen molar-refractivity contribution in [3.8, 4) is 0 Å². The number of aliphatic carboxylic acids is 1. The van der Waals surface area contributed by atoms with Crippen molar-refractivity contribution < 1.29 is 58.2 Å². The van der Waals surface area contributed by atoms with E-state index in [1.54, 1.807) is 0 Å². The van der Waals surface area contributed by atoms with Crippen LogP contribution in [0.2, 0.25) is 0 Å². The van der Waals surface area contributed by atoms with Gasteiger partial charge in [-0.2, -0.15) is 0 Å². The van der Waals surface area contributed by atoms with Crippen molar-refractivity contribution in [2.45, 2.75) is 314 Å². The fourth-order valence-electron chi connectivity index (χ4n) is 9.05. The summed E-state index contributed by atoms with van der Waals surface area (Å²) in [5.41, 5.74) is 0. The van der Waals surface area contributed by atoms with Crippen LogP contribution in [-0.2, 0) is 42.9 Å². The second-order valence-electron chi connectivity index (χ2n) is 20.6. The second kappa shape index (κ2) is 49.8. The average molecular weight is 1030 g/mol. The average Bonchev–Trinajstić information content (AvgIpc) is 3.37. The summed E-state index contributed by atoms with van der Waals surface area (Å²) in [5, 5.41) is 31.4. The van der Waals surface area contributed by atoms with Crippen LogP contribution in [0.25, 0.3) is 0 Å². The minimum absolute atomic E-state index is 0.0469. The molecule has 0 aromatic heterocycles. The van der Waals surface area contributed by atoms with Crippen LogP contribution >= 0.6 is 0 Å². The molecule has 3 N–H and O–H groups in total. The van der Waals surface area contributed by atoms with Gasteiger partial charge in [-0.15, -0.1) is 0 Å². The molecule has 0 spiro atoms. The zero-order valence-corrected chi connectivity index (χ0v) is 46.6. The molecular formula is C61H108O12. The van der Waals surface area contributed by atoms with E-state index >= 15 is 0 Å². The van der Waals surface area contributed by atoms with Gasteiger partial charge in [0, 0.05) is 19.3 Å². The molecule has 1 heterocycles. The first-order chi connectivity index (χ1) is 35.6. The van der Waals surface area contributed by atoms with Crippen LogP contribution in [0.5, 0.6) is 0 Å². The lowest BCUT2D eigenvalue weighted by Crippen LogP contribution is -2.61. The molecule has 0 radical (unpaired) electrons. The fourth-order valence-corrected chi connectivity index (χ4v) is 9.05. The molecule has 12 heteroatoms. The van der Waals surface area contributed by atoms with E-state index in [1.165, 1.54) is 128 Å². The van der Waals surface area contributed by atoms with Gasteiger partial charge < -0.3 is 39.0 Å². The monoisotopic (exact) mass is 1030 g/mol. The van der Waals surface area contributed by atoms with Gasteiger partial charge in [-0.05, 0) is 70.6 Å². The van der Waals surface area contributed by atoms with E-state index < -0.39 is 67.3 Å². The van der Waals surface area contributed by atoms with E-state index in [1.807, 2.05) is 0 Å². The maximum absolute atomic E-state index is 13.1. The third-order valence-corrected chi connectivity index (χ3v) is 13.7. The Kier molecular flexibility index (Phi) is 46.4. The number of carbonyl (C=O) groups is 4. The van der Waals surface area contributed by atoms with Crippen LogP contribution in [0, 0.1) is 0 Å². The van der Waals surface area contributed by atoms with E-state index in [-0.39, 0.29) is 25.9 Å². The summed E-state index contributed by atoms with van der Waals surface area (Å²) in [6.45, 7) is 5.92. The number of aliphatic hydroxyl groups is 2. The van der Waals surface area contributed by atoms with Gasteiger partial charge in [-0.1, -0.05) is 224 Å². The molecule has 1 fully saturated rings. The smallest absolute Gasteiger partial charge is 0.335 e. The van der Waals surface area contributed by atoms with Crippen molar-refractivity contribution in [2.75, 3.05) is 13.2 Å². The molecule has 1 aliphatic rings. The van der Waals surface area contributed by atoms with Gasteiger partial charge >= 0.3 is 23.9 Å². The van der Waals surface area contributed by atoms with E-state index in [0.717, 1.165) is 89.9 Å². The van der Waals surface area contributed by atoms with Gasteiger partial charge in [-0.3, -0.25) is 14.4 Å². The van der Waals surface area contributed by atoms with Crippen LogP contribution in [0.15, 0.2) is 36.5 Å². The van der Waals surface area contributed by atoms with Gasteiger partial charge in [0.25, 0.3) is 0 Å². The zero-order chi connectivity index (χ0) is 53.3. The molecule has 1 aliphatic heterocycles. The van der Waals surface area contributed by atoms with E-state index in [2.05, 4.69) is 57.2 Å². The number of carboxylic acids is 1. The summed E-state index contributed by atoms with van der Waals surface area (Å²) >= 11 is 0. The number of esters is 3. The normalized spacial score (nSPS) is 18.5. The van der Waals surface area contributed by atoms with Crippen molar-refractivity contribution in [1.29, 1.82) is 0 Å². The van der Waals surface area contributed by atoms with Gasteiger partial charge in [0.1, 0.15) is 18.8 Å². The molecule has 1 rings (SSSR count). The van der Waals surface area contributed by atoms with Gasteiger partial charge in [0.05, 0.1) is 6.61 Å². The van der Waals surface area contributed by atoms with Crippen molar-refractivity contribution in [2.24, 2.45) is 0 Å². The number of unbranched alkanes of at least 4 members (excludes halogenated alkanes) is 31. The van der Waals surface area contributed by atoms with Crippen LogP contribution < -0.4 is 0 Å². The number of carboxylic acid groups (broad SMARTS) is 1. The molecule has 1 saturated heterocycles. The number of rotatable bonds is 51. The van der Waals surface area contributed by atoms with Crippen LogP contribution in [0.1, 0.15) is 278 Å². The molecule has 0 saturated carbocycles. The quantitative estimate of drug-likeness (QED) is 0.0228. The van der Waals surface area contributed by atoms with Crippen molar-refractivity contribution in [3.63, 3.8) is 0 Å². The number of aliphatic hydroxyl groups excluding tert-OH is 2. The number of hydrogen-bond donors (Lipinski definition) is 3. The first kappa shape index (κ1) is 68.0. The number of hydrogen-bond acceptors (Lipinski definition) is 11. The van der Waals surface area contributed by atoms with Crippen molar-refractivity contribution in [3.05, 3.63) is 36.5 Å². The van der Waals surface area contributed by atoms with E-state index in [9.17, 15) is 34.5 Å². The molecular weight excluding hydrogens is 925 g/mol. The maximum atomic E-state index is 13.1. The lowest BCUT2D eigenvalue weighted by Gasteiger charge is -2.40. The van der Waals surface area contributed by atoms with Crippen molar-refractivity contribution >= 4 is 23.9 Å². The molecule has 0 aromatic carbocycles. The summed E-state index contributed by atoms with van der Waals surface area (Å²) < 4.78 is 28.4. The van der Waals surface area contributed by atoms with E-state index in [0.29, 0.717) is 19.3 Å². The highest BCUT2D eigenvalue weighted by Crippen LogP contribution is 2.26. The molecule has 6 atom stereocenters. The Hall–Kier alpha value is -3.06. The maximum Gasteiger partial charge on any atom is 0.335 e. The summed E-state index contributed by atoms with van der Waals surface area (Å²) in [6, 6.07) is 0. The highest BCUT2D eigenvalue weighted by Gasteiger charge is 2.50. The minimum Gasteiger partial charge on any atom is -0.479 e. The Morgan fingerprint density at radius 3 is 1.30 bits per heavy atom. The largest absolute Gasteiger partial charge is 0.479 e. The van der Waals surface area contributed by atoms with Gasteiger partial charge in [0.2, 0.25) is 0 Å². The second-order valence-corrected chi connectivity index (χ2v) is 20.6. The van der Waals surface area contributed by atoms with Gasteiger partial charge in [0.15, 0.2) is 24.6 Å². The highest BCUT2D eigenvalue weighted by molar-refractivity contribution is 5.74. The zero-order valence-electron chi connectivity index (χ0n) is 46.6. The Balaban J connectivity index is 2.64. The summed E-state index contributed by atoms with van der Waals surface area (Å²) in [7, 11) is 0. The Morgan fingerprint density at radius 2 is 0.849 bits per heavy atom. The van der Waals surface area contributed by atoms with Gasteiger partial charge in [-0.25, -0.2) is 4.79 Å². The Morgan fingerprint density at radius 1 is 0.452 bits per heavy atom. The molecule has 0 aliphatic carbocycles. The first-order valence-corrected chi connectivity index (χ1v) is 30.0. The SMILES string of the molecule is CCC/C=C\C/C=C\CCCCCCCC(=O)OC1C(OCC(COC(=O)CCCCCCCCCCC/C=C\CCCCCCCC)OC(=O)CCCCCCCCCCCCC)OC(C(=O)O)C(O)C1O. The molecule has 12 nitrogen and oxygen atoms in total.